The van der Waals surface area contributed by atoms with E-state index in [0.717, 1.165) is 15.9 Å². The van der Waals surface area contributed by atoms with Crippen molar-refractivity contribution in [2.75, 3.05) is 6.26 Å². The molecule has 0 atom stereocenters. The number of benzene rings is 2. The lowest BCUT2D eigenvalue weighted by Gasteiger charge is -2.06. The summed E-state index contributed by atoms with van der Waals surface area (Å²) < 4.78 is 39.5. The predicted molar refractivity (Wildman–Crippen MR) is 94.2 cm³/mol. The Morgan fingerprint density at radius 2 is 1.77 bits per heavy atom. The Bertz CT molecular complexity index is 1030. The molecule has 1 aromatic heterocycles. The Hall–Kier alpha value is -2.72. The number of hydrogen-bond donors (Lipinski definition) is 1. The Labute approximate surface area is 153 Å². The molecule has 0 fully saturated rings. The van der Waals surface area contributed by atoms with Crippen LogP contribution in [0.1, 0.15) is 10.5 Å². The number of halogens is 1. The van der Waals surface area contributed by atoms with Gasteiger partial charge in [0.05, 0.1) is 16.8 Å². The van der Waals surface area contributed by atoms with Gasteiger partial charge < -0.3 is 0 Å². The molecule has 0 aliphatic heterocycles. The van der Waals surface area contributed by atoms with Crippen LogP contribution in [-0.4, -0.2) is 35.6 Å². The normalized spacial score (nSPS) is 11.3. The van der Waals surface area contributed by atoms with E-state index in [1.165, 1.54) is 48.2 Å². The van der Waals surface area contributed by atoms with Gasteiger partial charge in [-0.2, -0.15) is 9.90 Å². The van der Waals surface area contributed by atoms with Crippen molar-refractivity contribution < 1.29 is 17.6 Å². The fourth-order valence-electron chi connectivity index (χ4n) is 2.05. The topological polar surface area (TPSA) is 94.0 Å². The number of nitrogens with one attached hydrogen (secondary N) is 1. The zero-order chi connectivity index (χ0) is 18.7. The van der Waals surface area contributed by atoms with E-state index in [-0.39, 0.29) is 10.6 Å². The molecule has 0 saturated carbocycles. The van der Waals surface area contributed by atoms with E-state index in [1.54, 1.807) is 12.1 Å². The first-order valence-corrected chi connectivity index (χ1v) is 9.99. The largest absolute Gasteiger partial charge is 0.287 e. The van der Waals surface area contributed by atoms with E-state index in [2.05, 4.69) is 10.2 Å². The lowest BCUT2D eigenvalue weighted by molar-refractivity contribution is 0.0976. The smallest absolute Gasteiger partial charge is 0.266 e. The fourth-order valence-corrected chi connectivity index (χ4v) is 3.42. The number of carbonyl (C=O) groups is 1. The Balaban J connectivity index is 1.78. The van der Waals surface area contributed by atoms with Crippen molar-refractivity contribution >= 4 is 27.7 Å². The number of aromatic nitrogens is 3. The highest BCUT2D eigenvalue weighted by Gasteiger charge is 2.21. The maximum atomic E-state index is 12.9. The van der Waals surface area contributed by atoms with Gasteiger partial charge in [-0.05, 0) is 54.8 Å². The van der Waals surface area contributed by atoms with Crippen LogP contribution in [0.15, 0.2) is 64.5 Å². The molecule has 0 saturated heterocycles. The summed E-state index contributed by atoms with van der Waals surface area (Å²) in [5, 5.41) is 7.81. The first-order chi connectivity index (χ1) is 12.4. The number of amides is 1. The van der Waals surface area contributed by atoms with Crippen LogP contribution in [0.3, 0.4) is 0 Å². The summed E-state index contributed by atoms with van der Waals surface area (Å²) in [6.45, 7) is 0. The highest BCUT2D eigenvalue weighted by atomic mass is 32.2. The van der Waals surface area contributed by atoms with E-state index in [4.69, 9.17) is 0 Å². The SMILES string of the molecule is CSc1ccc(S(=O)(=O)NC(=O)c2cnn(-c3ccc(F)cc3)n2)cc1. The molecule has 1 amide bonds. The van der Waals surface area contributed by atoms with Crippen LogP contribution >= 0.6 is 11.8 Å². The molecule has 3 aromatic rings. The van der Waals surface area contributed by atoms with Crippen LogP contribution in [0.4, 0.5) is 4.39 Å². The van der Waals surface area contributed by atoms with Gasteiger partial charge in [-0.1, -0.05) is 0 Å². The molecule has 3 rings (SSSR count). The number of rotatable bonds is 5. The first-order valence-electron chi connectivity index (χ1n) is 7.28. The van der Waals surface area contributed by atoms with Crippen molar-refractivity contribution in [2.45, 2.75) is 9.79 Å². The average molecular weight is 392 g/mol. The average Bonchev–Trinajstić information content (AvgIpc) is 3.12. The van der Waals surface area contributed by atoms with Gasteiger partial charge >= 0.3 is 0 Å². The summed E-state index contributed by atoms with van der Waals surface area (Å²) in [6.07, 6.45) is 3.00. The van der Waals surface area contributed by atoms with Gasteiger partial charge in [-0.15, -0.1) is 16.9 Å². The van der Waals surface area contributed by atoms with Gasteiger partial charge in [0.25, 0.3) is 15.9 Å². The minimum Gasteiger partial charge on any atom is -0.266 e. The van der Waals surface area contributed by atoms with Crippen molar-refractivity contribution in [1.29, 1.82) is 0 Å². The van der Waals surface area contributed by atoms with Crippen LogP contribution in [0.25, 0.3) is 5.69 Å². The van der Waals surface area contributed by atoms with Crippen LogP contribution in [-0.2, 0) is 10.0 Å². The lowest BCUT2D eigenvalue weighted by atomic mass is 10.3. The Kier molecular flexibility index (Phi) is 5.05. The second-order valence-electron chi connectivity index (χ2n) is 5.11. The summed E-state index contributed by atoms with van der Waals surface area (Å²) >= 11 is 1.47. The summed E-state index contributed by atoms with van der Waals surface area (Å²) in [6, 6.07) is 11.4. The van der Waals surface area contributed by atoms with Crippen LogP contribution < -0.4 is 4.72 Å². The zero-order valence-electron chi connectivity index (χ0n) is 13.5. The molecule has 0 radical (unpaired) electrons. The summed E-state index contributed by atoms with van der Waals surface area (Å²) in [7, 11) is -4.03. The van der Waals surface area contributed by atoms with Crippen molar-refractivity contribution in [3.05, 3.63) is 66.2 Å². The van der Waals surface area contributed by atoms with Gasteiger partial charge in [0.15, 0.2) is 5.69 Å². The number of nitrogens with zero attached hydrogens (tertiary/aromatic N) is 3. The van der Waals surface area contributed by atoms with Crippen molar-refractivity contribution in [1.82, 2.24) is 19.7 Å². The van der Waals surface area contributed by atoms with Gasteiger partial charge in [0, 0.05) is 4.90 Å². The molecule has 7 nitrogen and oxygen atoms in total. The van der Waals surface area contributed by atoms with Crippen molar-refractivity contribution in [3.63, 3.8) is 0 Å². The van der Waals surface area contributed by atoms with Gasteiger partial charge in [0.1, 0.15) is 5.82 Å². The van der Waals surface area contributed by atoms with Gasteiger partial charge in [-0.25, -0.2) is 17.5 Å². The monoisotopic (exact) mass is 392 g/mol. The standard InChI is InChI=1S/C16H13FN4O3S2/c1-25-13-6-8-14(9-7-13)26(23,24)20-16(22)15-10-18-21(19-15)12-4-2-11(17)3-5-12/h2-10H,1H3,(H,20,22). The lowest BCUT2D eigenvalue weighted by Crippen LogP contribution is -2.31. The number of carbonyl (C=O) groups excluding carboxylic acids is 1. The first kappa shape index (κ1) is 18.1. The summed E-state index contributed by atoms with van der Waals surface area (Å²) in [5.41, 5.74) is 0.250. The predicted octanol–water partition coefficient (Wildman–Crippen LogP) is 2.25. The molecule has 134 valence electrons. The van der Waals surface area contributed by atoms with E-state index < -0.39 is 21.7 Å². The van der Waals surface area contributed by atoms with Crippen LogP contribution in [0.2, 0.25) is 0 Å². The third-order valence-electron chi connectivity index (χ3n) is 3.38. The van der Waals surface area contributed by atoms with Crippen molar-refractivity contribution in [3.8, 4) is 5.69 Å². The third-order valence-corrected chi connectivity index (χ3v) is 5.47. The second-order valence-corrected chi connectivity index (χ2v) is 7.67. The summed E-state index contributed by atoms with van der Waals surface area (Å²) in [4.78, 5) is 14.2. The van der Waals surface area contributed by atoms with E-state index in [0.29, 0.717) is 5.69 Å². The fraction of sp³-hybridized carbons (Fsp3) is 0.0625. The highest BCUT2D eigenvalue weighted by Crippen LogP contribution is 2.17. The number of hydrogen-bond acceptors (Lipinski definition) is 6. The molecule has 0 unspecified atom stereocenters. The molecule has 0 bridgehead atoms. The molecule has 10 heteroatoms. The molecule has 2 aromatic carbocycles. The number of thioether (sulfide) groups is 1. The van der Waals surface area contributed by atoms with E-state index >= 15 is 0 Å². The maximum absolute atomic E-state index is 12.9. The zero-order valence-corrected chi connectivity index (χ0v) is 15.1. The maximum Gasteiger partial charge on any atom is 0.287 e. The molecule has 26 heavy (non-hydrogen) atoms. The molecule has 0 aliphatic rings. The molecule has 1 N–H and O–H groups in total. The van der Waals surface area contributed by atoms with Crippen LogP contribution in [0.5, 0.6) is 0 Å². The van der Waals surface area contributed by atoms with Crippen molar-refractivity contribution in [2.24, 2.45) is 0 Å². The molecular weight excluding hydrogens is 379 g/mol. The molecule has 0 spiro atoms. The molecule has 1 heterocycles. The third kappa shape index (κ3) is 3.92. The van der Waals surface area contributed by atoms with E-state index in [1.807, 2.05) is 11.0 Å². The highest BCUT2D eigenvalue weighted by molar-refractivity contribution is 7.98. The quantitative estimate of drug-likeness (QED) is 0.670. The minimum atomic E-state index is -4.03. The van der Waals surface area contributed by atoms with Crippen LogP contribution in [0, 0.1) is 5.82 Å². The van der Waals surface area contributed by atoms with Gasteiger partial charge in [-0.3, -0.25) is 4.79 Å². The summed E-state index contributed by atoms with van der Waals surface area (Å²) in [5.74, 6) is -1.33. The molecular formula is C16H13FN4O3S2. The van der Waals surface area contributed by atoms with Gasteiger partial charge in [0.2, 0.25) is 0 Å². The second kappa shape index (κ2) is 7.26. The number of sulfonamides is 1. The minimum absolute atomic E-state index is 0.0328. The van der Waals surface area contributed by atoms with E-state index in [9.17, 15) is 17.6 Å². The molecule has 0 aliphatic carbocycles. The Morgan fingerprint density at radius 3 is 2.38 bits per heavy atom. The Morgan fingerprint density at radius 1 is 1.12 bits per heavy atom.